The van der Waals surface area contributed by atoms with Gasteiger partial charge in [0, 0.05) is 0 Å². The molecule has 0 aliphatic carbocycles. The molecule has 0 N–H and O–H groups in total. The zero-order chi connectivity index (χ0) is 20.6. The van der Waals surface area contributed by atoms with Gasteiger partial charge < -0.3 is 4.74 Å². The van der Waals surface area contributed by atoms with Crippen LogP contribution in [0.2, 0.25) is 0 Å². The van der Waals surface area contributed by atoms with Crippen molar-refractivity contribution in [1.82, 2.24) is 0 Å². The highest BCUT2D eigenvalue weighted by molar-refractivity contribution is 5.98. The molecular weight excluding hydrogens is 366 g/mol. The summed E-state index contributed by atoms with van der Waals surface area (Å²) in [5, 5.41) is 0. The second-order valence-corrected chi connectivity index (χ2v) is 6.93. The van der Waals surface area contributed by atoms with Gasteiger partial charge in [-0.05, 0) is 84.0 Å². The Labute approximate surface area is 171 Å². The predicted octanol–water partition coefficient (Wildman–Crippen LogP) is 7.51. The monoisotopic (exact) mass is 392 g/mol. The van der Waals surface area contributed by atoms with Gasteiger partial charge in [-0.3, -0.25) is 0 Å². The van der Waals surface area contributed by atoms with Crippen molar-refractivity contribution in [2.45, 2.75) is 33.1 Å². The first-order valence-corrected chi connectivity index (χ1v) is 10.1. The van der Waals surface area contributed by atoms with Gasteiger partial charge in [-0.15, -0.1) is 0 Å². The van der Waals surface area contributed by atoms with E-state index in [2.05, 4.69) is 13.0 Å². The first kappa shape index (κ1) is 20.8. The molecule has 3 aromatic rings. The summed E-state index contributed by atoms with van der Waals surface area (Å²) in [6.45, 7) is 4.72. The quantitative estimate of drug-likeness (QED) is 0.360. The smallest absolute Gasteiger partial charge is 0.123 e. The molecule has 0 atom stereocenters. The van der Waals surface area contributed by atoms with Gasteiger partial charge in [-0.25, -0.2) is 8.78 Å². The molecule has 0 unspecified atom stereocenters. The molecule has 0 heterocycles. The van der Waals surface area contributed by atoms with Crippen LogP contribution in [0.4, 0.5) is 8.78 Å². The largest absolute Gasteiger partial charge is 0.494 e. The standard InChI is InChI=1S/C26H26F2O/c1-3-5-9-25(21-7-6-8-24(18-21)29-4-2)26(19-10-14-22(27)15-11-19)20-12-16-23(28)17-13-20/h6-8,10-18H,3-5,9H2,1-2H3. The molecule has 0 radical (unpaired) electrons. The maximum absolute atomic E-state index is 13.6. The van der Waals surface area contributed by atoms with E-state index in [1.807, 2.05) is 25.1 Å². The summed E-state index contributed by atoms with van der Waals surface area (Å²) in [7, 11) is 0. The van der Waals surface area contributed by atoms with Crippen LogP contribution in [0.25, 0.3) is 11.1 Å². The van der Waals surface area contributed by atoms with Gasteiger partial charge in [-0.2, -0.15) is 0 Å². The second-order valence-electron chi connectivity index (χ2n) is 6.93. The number of ether oxygens (including phenoxy) is 1. The molecule has 3 aromatic carbocycles. The summed E-state index contributed by atoms with van der Waals surface area (Å²) in [5.41, 5.74) is 5.02. The van der Waals surface area contributed by atoms with Gasteiger partial charge in [0.25, 0.3) is 0 Å². The molecule has 0 amide bonds. The van der Waals surface area contributed by atoms with Crippen molar-refractivity contribution < 1.29 is 13.5 Å². The van der Waals surface area contributed by atoms with Gasteiger partial charge in [0.1, 0.15) is 17.4 Å². The van der Waals surface area contributed by atoms with Crippen molar-refractivity contribution in [3.05, 3.63) is 101 Å². The molecule has 0 bridgehead atoms. The van der Waals surface area contributed by atoms with E-state index in [1.54, 1.807) is 24.3 Å². The average molecular weight is 392 g/mol. The molecule has 0 spiro atoms. The maximum Gasteiger partial charge on any atom is 0.123 e. The predicted molar refractivity (Wildman–Crippen MR) is 116 cm³/mol. The number of unbranched alkanes of at least 4 members (excludes halogenated alkanes) is 1. The lowest BCUT2D eigenvalue weighted by Gasteiger charge is -2.18. The SMILES string of the molecule is CCCCC(=C(c1ccc(F)cc1)c1ccc(F)cc1)c1cccc(OCC)c1. The Morgan fingerprint density at radius 3 is 1.86 bits per heavy atom. The van der Waals surface area contributed by atoms with Crippen LogP contribution in [0.5, 0.6) is 5.75 Å². The van der Waals surface area contributed by atoms with E-state index < -0.39 is 0 Å². The van der Waals surface area contributed by atoms with E-state index in [-0.39, 0.29) is 11.6 Å². The van der Waals surface area contributed by atoms with E-state index in [9.17, 15) is 8.78 Å². The molecule has 3 rings (SSSR count). The third-order valence-electron chi connectivity index (χ3n) is 4.84. The molecule has 150 valence electrons. The zero-order valence-electron chi connectivity index (χ0n) is 16.9. The Hall–Kier alpha value is -2.94. The van der Waals surface area contributed by atoms with Gasteiger partial charge in [0.2, 0.25) is 0 Å². The van der Waals surface area contributed by atoms with E-state index in [4.69, 9.17) is 4.74 Å². The molecular formula is C26H26F2O. The molecule has 3 heteroatoms. The lowest BCUT2D eigenvalue weighted by atomic mass is 9.87. The topological polar surface area (TPSA) is 9.23 Å². The fourth-order valence-electron chi connectivity index (χ4n) is 3.46. The normalized spacial score (nSPS) is 10.6. The van der Waals surface area contributed by atoms with E-state index in [0.29, 0.717) is 6.61 Å². The third-order valence-corrected chi connectivity index (χ3v) is 4.84. The summed E-state index contributed by atoms with van der Waals surface area (Å²) in [4.78, 5) is 0. The number of hydrogen-bond acceptors (Lipinski definition) is 1. The minimum absolute atomic E-state index is 0.277. The van der Waals surface area contributed by atoms with Crippen molar-refractivity contribution >= 4 is 11.1 Å². The molecule has 0 fully saturated rings. The van der Waals surface area contributed by atoms with Crippen LogP contribution in [-0.2, 0) is 0 Å². The highest BCUT2D eigenvalue weighted by Crippen LogP contribution is 2.36. The first-order valence-electron chi connectivity index (χ1n) is 10.1. The number of hydrogen-bond donors (Lipinski definition) is 0. The molecule has 0 aromatic heterocycles. The van der Waals surface area contributed by atoms with Crippen molar-refractivity contribution in [3.8, 4) is 5.75 Å². The molecule has 0 saturated carbocycles. The maximum atomic E-state index is 13.6. The van der Waals surface area contributed by atoms with Crippen molar-refractivity contribution in [3.63, 3.8) is 0 Å². The van der Waals surface area contributed by atoms with Crippen LogP contribution in [0.3, 0.4) is 0 Å². The fraction of sp³-hybridized carbons (Fsp3) is 0.231. The Balaban J connectivity index is 2.25. The zero-order valence-corrected chi connectivity index (χ0v) is 16.9. The van der Waals surface area contributed by atoms with Crippen LogP contribution >= 0.6 is 0 Å². The Bertz CT molecular complexity index is 909. The van der Waals surface area contributed by atoms with Crippen LogP contribution < -0.4 is 4.74 Å². The Morgan fingerprint density at radius 1 is 0.759 bits per heavy atom. The fourth-order valence-corrected chi connectivity index (χ4v) is 3.46. The number of halogens is 2. The van der Waals surface area contributed by atoms with Crippen LogP contribution in [0.1, 0.15) is 49.8 Å². The van der Waals surface area contributed by atoms with Gasteiger partial charge >= 0.3 is 0 Å². The van der Waals surface area contributed by atoms with E-state index in [1.165, 1.54) is 24.3 Å². The second kappa shape index (κ2) is 10.0. The van der Waals surface area contributed by atoms with Crippen molar-refractivity contribution in [2.75, 3.05) is 6.61 Å². The third kappa shape index (κ3) is 5.32. The van der Waals surface area contributed by atoms with Crippen LogP contribution in [-0.4, -0.2) is 6.61 Å². The highest BCUT2D eigenvalue weighted by atomic mass is 19.1. The molecule has 0 saturated heterocycles. The van der Waals surface area contributed by atoms with Crippen molar-refractivity contribution in [2.24, 2.45) is 0 Å². The molecule has 0 aliphatic heterocycles. The van der Waals surface area contributed by atoms with E-state index >= 15 is 0 Å². The summed E-state index contributed by atoms with van der Waals surface area (Å²) in [5.74, 6) is 0.262. The minimum atomic E-state index is -0.277. The lowest BCUT2D eigenvalue weighted by molar-refractivity contribution is 0.340. The molecule has 1 nitrogen and oxygen atoms in total. The average Bonchev–Trinajstić information content (AvgIpc) is 2.73. The summed E-state index contributed by atoms with van der Waals surface area (Å²) in [6.07, 6.45) is 2.92. The van der Waals surface area contributed by atoms with E-state index in [0.717, 1.165) is 52.8 Å². The van der Waals surface area contributed by atoms with Gasteiger partial charge in [-0.1, -0.05) is 49.7 Å². The van der Waals surface area contributed by atoms with Crippen LogP contribution in [0.15, 0.2) is 72.8 Å². The van der Waals surface area contributed by atoms with Gasteiger partial charge in [0.05, 0.1) is 6.61 Å². The number of rotatable bonds is 8. The highest BCUT2D eigenvalue weighted by Gasteiger charge is 2.15. The van der Waals surface area contributed by atoms with Crippen molar-refractivity contribution in [1.29, 1.82) is 0 Å². The molecule has 29 heavy (non-hydrogen) atoms. The lowest BCUT2D eigenvalue weighted by Crippen LogP contribution is -1.98. The molecule has 0 aliphatic rings. The van der Waals surface area contributed by atoms with Gasteiger partial charge in [0.15, 0.2) is 0 Å². The minimum Gasteiger partial charge on any atom is -0.494 e. The summed E-state index contributed by atoms with van der Waals surface area (Å²) < 4.78 is 32.9. The Morgan fingerprint density at radius 2 is 1.34 bits per heavy atom. The van der Waals surface area contributed by atoms with Crippen LogP contribution in [0, 0.1) is 11.6 Å². The Kier molecular flexibility index (Phi) is 7.18. The summed E-state index contributed by atoms with van der Waals surface area (Å²) in [6, 6.07) is 21.0. The number of allylic oxidation sites excluding steroid dienone is 1. The first-order chi connectivity index (χ1) is 14.1. The number of benzene rings is 3. The summed E-state index contributed by atoms with van der Waals surface area (Å²) >= 11 is 0.